The summed E-state index contributed by atoms with van der Waals surface area (Å²) in [6, 6.07) is 15.9. The number of rotatable bonds is 1. The van der Waals surface area contributed by atoms with Crippen LogP contribution in [-0.4, -0.2) is 19.5 Å². The average molecular weight is 553 g/mol. The van der Waals surface area contributed by atoms with Crippen molar-refractivity contribution in [1.29, 1.82) is 0 Å². The van der Waals surface area contributed by atoms with E-state index in [0.29, 0.717) is 17.1 Å². The summed E-state index contributed by atoms with van der Waals surface area (Å²) in [5.74, 6) is -2.21. The molecule has 162 valence electrons. The van der Waals surface area contributed by atoms with Crippen LogP contribution in [-0.2, 0) is 19.6 Å². The summed E-state index contributed by atoms with van der Waals surface area (Å²) >= 11 is 37.8. The van der Waals surface area contributed by atoms with Gasteiger partial charge in [-0.2, -0.15) is 0 Å². The van der Waals surface area contributed by atoms with Crippen LogP contribution in [0.2, 0.25) is 0 Å². The van der Waals surface area contributed by atoms with Crippen LogP contribution >= 0.6 is 77.1 Å². The van der Waals surface area contributed by atoms with Crippen LogP contribution < -0.4 is 9.05 Å². The molecule has 2 saturated heterocycles. The second kappa shape index (κ2) is 6.80. The van der Waals surface area contributed by atoms with Crippen LogP contribution in [0.15, 0.2) is 54.6 Å². The zero-order chi connectivity index (χ0) is 21.4. The Morgan fingerprint density at radius 3 is 1.90 bits per heavy atom. The van der Waals surface area contributed by atoms with E-state index < -0.39 is 32.8 Å². The zero-order valence-corrected chi connectivity index (χ0v) is 20.2. The molecule has 0 unspecified atom stereocenters. The van der Waals surface area contributed by atoms with Gasteiger partial charge in [0, 0.05) is 0 Å². The summed E-state index contributed by atoms with van der Waals surface area (Å²) in [5.41, 5.74) is 0.608. The van der Waals surface area contributed by atoms with Crippen LogP contribution in [0.1, 0.15) is 12.0 Å². The van der Waals surface area contributed by atoms with E-state index in [2.05, 4.69) is 0 Å². The minimum atomic E-state index is -4.85. The first-order valence-corrected chi connectivity index (χ1v) is 13.0. The van der Waals surface area contributed by atoms with E-state index in [1.54, 1.807) is 36.4 Å². The van der Waals surface area contributed by atoms with E-state index in [4.69, 9.17) is 92.4 Å². The summed E-state index contributed by atoms with van der Waals surface area (Å²) < 4.78 is 27.5. The van der Waals surface area contributed by atoms with Gasteiger partial charge in [-0.05, 0) is 0 Å². The number of hydrogen-bond acceptors (Lipinski definition) is 5. The predicted octanol–water partition coefficient (Wildman–Crippen LogP) is 7.43. The average Bonchev–Trinajstić information content (AvgIpc) is 3.10. The number of halogens is 6. The van der Waals surface area contributed by atoms with Gasteiger partial charge in [-0.15, -0.1) is 0 Å². The molecule has 30 heavy (non-hydrogen) atoms. The summed E-state index contributed by atoms with van der Waals surface area (Å²) in [6.45, 7) is 0. The molecule has 5 rings (SSSR count). The molecule has 0 aliphatic carbocycles. The van der Waals surface area contributed by atoms with E-state index in [1.165, 1.54) is 0 Å². The number of para-hydroxylation sites is 2. The third-order valence-corrected chi connectivity index (χ3v) is 10.4. The van der Waals surface area contributed by atoms with Gasteiger partial charge in [-0.3, -0.25) is 0 Å². The van der Waals surface area contributed by atoms with Crippen LogP contribution in [0.25, 0.3) is 0 Å². The number of hydrogen-bond donors (Lipinski definition) is 0. The summed E-state index contributed by atoms with van der Waals surface area (Å²) in [6.07, 6.45) is -1.06. The van der Waals surface area contributed by atoms with E-state index in [0.717, 1.165) is 0 Å². The molecule has 3 aliphatic heterocycles. The fraction of sp³-hybridized carbons (Fsp3) is 0.333. The third kappa shape index (κ3) is 3.21. The van der Waals surface area contributed by atoms with Crippen molar-refractivity contribution in [3.8, 4) is 11.5 Å². The molecular formula is C18H13Cl6O5P. The van der Waals surface area contributed by atoms with E-state index in [9.17, 15) is 0 Å². The first-order chi connectivity index (χ1) is 14.0. The molecule has 0 N–H and O–H groups in total. The number of ether oxygens (including phenoxy) is 1. The van der Waals surface area contributed by atoms with Crippen molar-refractivity contribution in [2.24, 2.45) is 0 Å². The first kappa shape index (κ1) is 21.9. The SMILES string of the molecule is ClC(Cl)(Cl)[C@@H]1C[C@]2(c3ccccc3)O[C@@H](C(Cl)(Cl)Cl)P3(Oc4ccccc4O3)(O1)O2. The summed E-state index contributed by atoms with van der Waals surface area (Å²) in [5, 5.41) is 0. The van der Waals surface area contributed by atoms with Gasteiger partial charge < -0.3 is 0 Å². The van der Waals surface area contributed by atoms with Gasteiger partial charge in [0.2, 0.25) is 0 Å². The molecule has 3 atom stereocenters. The fourth-order valence-corrected chi connectivity index (χ4v) is 9.87. The molecule has 12 heteroatoms. The van der Waals surface area contributed by atoms with Gasteiger partial charge in [0.1, 0.15) is 0 Å². The summed E-state index contributed by atoms with van der Waals surface area (Å²) in [4.78, 5) is 0. The Morgan fingerprint density at radius 1 is 0.800 bits per heavy atom. The van der Waals surface area contributed by atoms with Crippen molar-refractivity contribution in [3.63, 3.8) is 0 Å². The van der Waals surface area contributed by atoms with Crippen molar-refractivity contribution in [2.75, 3.05) is 0 Å². The van der Waals surface area contributed by atoms with Gasteiger partial charge in [0.25, 0.3) is 0 Å². The van der Waals surface area contributed by atoms with E-state index >= 15 is 0 Å². The van der Waals surface area contributed by atoms with Gasteiger partial charge in [-0.1, -0.05) is 0 Å². The van der Waals surface area contributed by atoms with Crippen molar-refractivity contribution in [3.05, 3.63) is 60.2 Å². The molecule has 0 radical (unpaired) electrons. The Bertz CT molecular complexity index is 972. The standard InChI is InChI=1S/C18H13Cl6O5P/c19-17(20,21)14-10-16(11-6-2-1-3-7-11)25-15(18(22,23)24)30(28-14,29-16)26-12-8-4-5-9-13(12)27-30/h1-9,14-15H,10H2/t14-,15+,16-/m0/s1. The topological polar surface area (TPSA) is 46.2 Å². The summed E-state index contributed by atoms with van der Waals surface area (Å²) in [7, 11) is -4.85. The van der Waals surface area contributed by atoms with Crippen molar-refractivity contribution in [2.45, 2.75) is 31.7 Å². The Hall–Kier alpha value is 0.0900. The van der Waals surface area contributed by atoms with Crippen LogP contribution in [0.4, 0.5) is 0 Å². The Balaban J connectivity index is 1.75. The van der Waals surface area contributed by atoms with Crippen molar-refractivity contribution >= 4 is 77.1 Å². The molecule has 3 aliphatic rings. The first-order valence-electron chi connectivity index (χ1n) is 8.74. The normalized spacial score (nSPS) is 32.5. The maximum atomic E-state index is 6.47. The fourth-order valence-electron chi connectivity index (χ4n) is 3.84. The predicted molar refractivity (Wildman–Crippen MR) is 119 cm³/mol. The van der Waals surface area contributed by atoms with E-state index in [1.807, 2.05) is 18.2 Å². The molecule has 2 fully saturated rings. The van der Waals surface area contributed by atoms with Crippen LogP contribution in [0, 0.1) is 0 Å². The Labute approximate surface area is 202 Å². The van der Waals surface area contributed by atoms with E-state index in [-0.39, 0.29) is 6.42 Å². The van der Waals surface area contributed by atoms with Crippen LogP contribution in [0.3, 0.4) is 0 Å². The van der Waals surface area contributed by atoms with Gasteiger partial charge >= 0.3 is 203 Å². The molecular weight excluding hydrogens is 540 g/mol. The molecule has 5 nitrogen and oxygen atoms in total. The quantitative estimate of drug-likeness (QED) is 0.272. The Kier molecular flexibility index (Phi) is 4.97. The molecule has 0 amide bonds. The van der Waals surface area contributed by atoms with Crippen molar-refractivity contribution < 1.29 is 22.8 Å². The number of fused-ring (bicyclic) bond motifs is 2. The molecule has 0 aromatic heterocycles. The molecule has 0 saturated carbocycles. The molecule has 1 spiro atoms. The third-order valence-electron chi connectivity index (χ3n) is 5.00. The van der Waals surface area contributed by atoms with Gasteiger partial charge in [-0.25, -0.2) is 0 Å². The maximum absolute atomic E-state index is 6.47. The number of alkyl halides is 6. The molecule has 3 heterocycles. The minimum absolute atomic E-state index is 0.00821. The van der Waals surface area contributed by atoms with Crippen LogP contribution in [0.5, 0.6) is 11.5 Å². The zero-order valence-electron chi connectivity index (χ0n) is 14.8. The van der Waals surface area contributed by atoms with Crippen molar-refractivity contribution in [1.82, 2.24) is 0 Å². The molecule has 2 aromatic carbocycles. The molecule has 2 aromatic rings. The van der Waals surface area contributed by atoms with Gasteiger partial charge in [0.05, 0.1) is 0 Å². The number of benzene rings is 2. The second-order valence-electron chi connectivity index (χ2n) is 7.06. The molecule has 2 bridgehead atoms. The van der Waals surface area contributed by atoms with Gasteiger partial charge in [0.15, 0.2) is 0 Å². The second-order valence-corrected chi connectivity index (χ2v) is 14.8. The Morgan fingerprint density at radius 2 is 1.37 bits per heavy atom. The monoisotopic (exact) mass is 550 g/mol.